The van der Waals surface area contributed by atoms with Gasteiger partial charge in [0.25, 0.3) is 5.91 Å². The van der Waals surface area contributed by atoms with Gasteiger partial charge in [-0.1, -0.05) is 18.2 Å². The first kappa shape index (κ1) is 19.4. The second-order valence-electron chi connectivity index (χ2n) is 6.82. The Morgan fingerprint density at radius 1 is 1.17 bits per heavy atom. The Morgan fingerprint density at radius 2 is 1.93 bits per heavy atom. The van der Waals surface area contributed by atoms with Crippen LogP contribution in [0.1, 0.15) is 13.8 Å². The minimum Gasteiger partial charge on any atom is -0.473 e. The molecule has 0 spiro atoms. The molecule has 0 fully saturated rings. The van der Waals surface area contributed by atoms with E-state index < -0.39 is 22.8 Å². The van der Waals surface area contributed by atoms with Gasteiger partial charge in [-0.3, -0.25) is 4.79 Å². The highest BCUT2D eigenvalue weighted by Crippen LogP contribution is 2.31. The lowest BCUT2D eigenvalue weighted by Crippen LogP contribution is -2.30. The second kappa shape index (κ2) is 7.82. The van der Waals surface area contributed by atoms with Gasteiger partial charge in [-0.15, -0.1) is 0 Å². The number of para-hydroxylation sites is 1. The van der Waals surface area contributed by atoms with E-state index in [0.29, 0.717) is 5.69 Å². The summed E-state index contributed by atoms with van der Waals surface area (Å²) in [5.41, 5.74) is 2.86. The van der Waals surface area contributed by atoms with Gasteiger partial charge in [0, 0.05) is 34.0 Å². The summed E-state index contributed by atoms with van der Waals surface area (Å²) in [4.78, 5) is 26.8. The molecule has 0 aliphatic heterocycles. The number of carbonyl (C=O) groups excluding carboxylic acids is 1. The fourth-order valence-electron chi connectivity index (χ4n) is 3.57. The first-order valence-electron chi connectivity index (χ1n) is 9.57. The van der Waals surface area contributed by atoms with Gasteiger partial charge < -0.3 is 24.7 Å². The van der Waals surface area contributed by atoms with E-state index in [-0.39, 0.29) is 5.75 Å². The minimum absolute atomic E-state index is 0.0494. The van der Waals surface area contributed by atoms with Gasteiger partial charge in [-0.2, -0.15) is 0 Å². The van der Waals surface area contributed by atoms with E-state index in [2.05, 4.69) is 33.9 Å². The van der Waals surface area contributed by atoms with E-state index in [1.54, 1.807) is 0 Å². The van der Waals surface area contributed by atoms with Crippen LogP contribution in [0.15, 0.2) is 60.8 Å². The van der Waals surface area contributed by atoms with Crippen LogP contribution >= 0.6 is 0 Å². The summed E-state index contributed by atoms with van der Waals surface area (Å²) in [7, 11) is 0. The van der Waals surface area contributed by atoms with Crippen molar-refractivity contribution in [3.05, 3.63) is 70.9 Å². The van der Waals surface area contributed by atoms with Crippen LogP contribution < -0.4 is 10.1 Å². The summed E-state index contributed by atoms with van der Waals surface area (Å²) in [6.07, 6.45) is 0.359. The molecule has 1 amide bonds. The van der Waals surface area contributed by atoms with Crippen molar-refractivity contribution < 1.29 is 14.5 Å². The van der Waals surface area contributed by atoms with Crippen molar-refractivity contribution >= 4 is 39.2 Å². The van der Waals surface area contributed by atoms with E-state index >= 15 is 0 Å². The molecular formula is C22H20N4O4. The SMILES string of the molecule is CCn1c2ccccc2c2cc(NC(=O)[C@H](C)Oc3cccnc3[N+](=O)[O-])ccc21. The van der Waals surface area contributed by atoms with Crippen molar-refractivity contribution in [3.8, 4) is 5.75 Å². The lowest BCUT2D eigenvalue weighted by molar-refractivity contribution is -0.390. The van der Waals surface area contributed by atoms with Crippen molar-refractivity contribution in [2.75, 3.05) is 5.32 Å². The molecule has 2 aromatic heterocycles. The fraction of sp³-hybridized carbons (Fsp3) is 0.182. The van der Waals surface area contributed by atoms with Gasteiger partial charge in [-0.25, -0.2) is 0 Å². The number of hydrogen-bond donors (Lipinski definition) is 1. The Labute approximate surface area is 172 Å². The summed E-state index contributed by atoms with van der Waals surface area (Å²) in [6.45, 7) is 4.47. The number of nitro groups is 1. The van der Waals surface area contributed by atoms with E-state index in [0.717, 1.165) is 28.4 Å². The number of nitrogens with zero attached hydrogens (tertiary/aromatic N) is 3. The van der Waals surface area contributed by atoms with Crippen molar-refractivity contribution in [2.24, 2.45) is 0 Å². The van der Waals surface area contributed by atoms with Crippen molar-refractivity contribution in [1.82, 2.24) is 9.55 Å². The van der Waals surface area contributed by atoms with Gasteiger partial charge in [-0.05, 0) is 60.2 Å². The third-order valence-corrected chi connectivity index (χ3v) is 4.95. The summed E-state index contributed by atoms with van der Waals surface area (Å²) < 4.78 is 7.73. The minimum atomic E-state index is -0.944. The predicted octanol–water partition coefficient (Wildman–Crippen LogP) is 4.52. The Bertz CT molecular complexity index is 1260. The largest absolute Gasteiger partial charge is 0.473 e. The number of benzene rings is 2. The summed E-state index contributed by atoms with van der Waals surface area (Å²) in [5, 5.41) is 16.1. The number of hydrogen-bond acceptors (Lipinski definition) is 5. The topological polar surface area (TPSA) is 99.3 Å². The number of rotatable bonds is 6. The molecule has 30 heavy (non-hydrogen) atoms. The van der Waals surface area contributed by atoms with Crippen molar-refractivity contribution in [3.63, 3.8) is 0 Å². The zero-order valence-electron chi connectivity index (χ0n) is 16.5. The van der Waals surface area contributed by atoms with Gasteiger partial charge in [0.2, 0.25) is 5.75 Å². The molecule has 4 aromatic rings. The Hall–Kier alpha value is -3.94. The van der Waals surface area contributed by atoms with Crippen LogP contribution in [-0.2, 0) is 11.3 Å². The number of nitrogens with one attached hydrogen (secondary N) is 1. The number of carbonyl (C=O) groups is 1. The molecule has 0 saturated carbocycles. The molecule has 0 radical (unpaired) electrons. The first-order chi connectivity index (χ1) is 14.5. The van der Waals surface area contributed by atoms with Gasteiger partial charge >= 0.3 is 5.82 Å². The van der Waals surface area contributed by atoms with E-state index in [1.807, 2.05) is 30.3 Å². The van der Waals surface area contributed by atoms with Crippen LogP contribution in [0.25, 0.3) is 21.8 Å². The molecule has 152 valence electrons. The fourth-order valence-corrected chi connectivity index (χ4v) is 3.57. The summed E-state index contributed by atoms with van der Waals surface area (Å²) in [5.74, 6) is -0.885. The monoisotopic (exact) mass is 404 g/mol. The normalized spacial score (nSPS) is 12.1. The lowest BCUT2D eigenvalue weighted by Gasteiger charge is -2.14. The number of pyridine rings is 1. The van der Waals surface area contributed by atoms with Gasteiger partial charge in [0.1, 0.15) is 6.20 Å². The van der Waals surface area contributed by atoms with Crippen LogP contribution in [0.3, 0.4) is 0 Å². The maximum atomic E-state index is 12.6. The first-order valence-corrected chi connectivity index (χ1v) is 9.57. The maximum Gasteiger partial charge on any atom is 0.406 e. The maximum absolute atomic E-state index is 12.6. The molecule has 2 heterocycles. The van der Waals surface area contributed by atoms with Crippen LogP contribution in [0, 0.1) is 10.1 Å². The van der Waals surface area contributed by atoms with Crippen LogP contribution in [-0.4, -0.2) is 26.5 Å². The van der Waals surface area contributed by atoms with Crippen molar-refractivity contribution in [1.29, 1.82) is 0 Å². The standard InChI is InChI=1S/C22H20N4O4/c1-3-25-18-8-5-4-7-16(18)17-13-15(10-11-19(17)25)24-22(27)14(2)30-20-9-6-12-23-21(20)26(28)29/h4-14H,3H2,1-2H3,(H,24,27)/t14-/m0/s1. The zero-order chi connectivity index (χ0) is 21.3. The average Bonchev–Trinajstić information content (AvgIpc) is 3.07. The highest BCUT2D eigenvalue weighted by molar-refractivity contribution is 6.10. The second-order valence-corrected chi connectivity index (χ2v) is 6.82. The molecule has 0 aliphatic carbocycles. The zero-order valence-corrected chi connectivity index (χ0v) is 16.5. The van der Waals surface area contributed by atoms with E-state index in [1.165, 1.54) is 25.3 Å². The molecule has 1 N–H and O–H groups in total. The molecule has 2 aromatic carbocycles. The summed E-state index contributed by atoms with van der Waals surface area (Å²) in [6, 6.07) is 16.8. The Balaban J connectivity index is 1.59. The Kier molecular flexibility index (Phi) is 5.05. The number of fused-ring (bicyclic) bond motifs is 3. The van der Waals surface area contributed by atoms with E-state index in [9.17, 15) is 14.9 Å². The third-order valence-electron chi connectivity index (χ3n) is 4.95. The predicted molar refractivity (Wildman–Crippen MR) is 115 cm³/mol. The number of anilines is 1. The number of aromatic nitrogens is 2. The van der Waals surface area contributed by atoms with Crippen molar-refractivity contribution in [2.45, 2.75) is 26.5 Å². The molecule has 8 nitrogen and oxygen atoms in total. The molecule has 1 atom stereocenters. The summed E-state index contributed by atoms with van der Waals surface area (Å²) >= 11 is 0. The highest BCUT2D eigenvalue weighted by Gasteiger charge is 2.22. The number of aryl methyl sites for hydroxylation is 1. The molecule has 0 aliphatic rings. The average molecular weight is 404 g/mol. The van der Waals surface area contributed by atoms with Gasteiger partial charge in [0.15, 0.2) is 6.10 Å². The number of ether oxygens (including phenoxy) is 1. The van der Waals surface area contributed by atoms with Crippen LogP contribution in [0.4, 0.5) is 11.5 Å². The molecular weight excluding hydrogens is 384 g/mol. The molecule has 4 rings (SSSR count). The lowest BCUT2D eigenvalue weighted by atomic mass is 10.1. The molecule has 0 unspecified atom stereocenters. The smallest absolute Gasteiger partial charge is 0.406 e. The molecule has 8 heteroatoms. The highest BCUT2D eigenvalue weighted by atomic mass is 16.6. The third kappa shape index (κ3) is 3.43. The van der Waals surface area contributed by atoms with Crippen LogP contribution in [0.5, 0.6) is 5.75 Å². The van der Waals surface area contributed by atoms with Gasteiger partial charge in [0.05, 0.1) is 0 Å². The molecule has 0 bridgehead atoms. The number of amides is 1. The van der Waals surface area contributed by atoms with E-state index in [4.69, 9.17) is 4.74 Å². The van der Waals surface area contributed by atoms with Crippen LogP contribution in [0.2, 0.25) is 0 Å². The molecule has 0 saturated heterocycles. The quantitative estimate of drug-likeness (QED) is 0.376. The Morgan fingerprint density at radius 3 is 2.70 bits per heavy atom.